The first-order chi connectivity index (χ1) is 21.9. The number of aryl methyl sites for hydroxylation is 1. The van der Waals surface area contributed by atoms with Crippen molar-refractivity contribution in [1.29, 1.82) is 0 Å². The third kappa shape index (κ3) is 11.4. The van der Waals surface area contributed by atoms with E-state index in [9.17, 15) is 24.0 Å². The number of hydrogen-bond acceptors (Lipinski definition) is 7. The second-order valence-electron chi connectivity index (χ2n) is 14.2. The van der Waals surface area contributed by atoms with E-state index in [1.54, 1.807) is 53.7 Å². The third-order valence-corrected chi connectivity index (χ3v) is 7.59. The summed E-state index contributed by atoms with van der Waals surface area (Å²) in [6.45, 7) is 14.2. The Morgan fingerprint density at radius 2 is 1.43 bits per heavy atom. The zero-order valence-electron chi connectivity index (χ0n) is 28.8. The molecule has 1 saturated carbocycles. The van der Waals surface area contributed by atoms with Gasteiger partial charge in [0.2, 0.25) is 17.7 Å². The average Bonchev–Trinajstić information content (AvgIpc) is 3.68. The molecule has 1 aliphatic carbocycles. The lowest BCUT2D eigenvalue weighted by molar-refractivity contribution is -0.159. The van der Waals surface area contributed by atoms with Crippen LogP contribution in [0, 0.1) is 5.92 Å². The van der Waals surface area contributed by atoms with Crippen molar-refractivity contribution in [2.24, 2.45) is 11.7 Å². The van der Waals surface area contributed by atoms with E-state index in [1.165, 1.54) is 4.90 Å². The van der Waals surface area contributed by atoms with Crippen LogP contribution in [-0.4, -0.2) is 64.0 Å². The predicted molar refractivity (Wildman–Crippen MR) is 178 cm³/mol. The minimum atomic E-state index is -1.40. The van der Waals surface area contributed by atoms with Crippen molar-refractivity contribution in [3.05, 3.63) is 71.3 Å². The van der Waals surface area contributed by atoms with Crippen molar-refractivity contribution in [1.82, 2.24) is 15.5 Å². The van der Waals surface area contributed by atoms with Crippen LogP contribution < -0.4 is 16.4 Å². The van der Waals surface area contributed by atoms with Gasteiger partial charge >= 0.3 is 12.1 Å². The van der Waals surface area contributed by atoms with E-state index in [1.807, 2.05) is 56.3 Å². The van der Waals surface area contributed by atoms with Gasteiger partial charge in [-0.05, 0) is 77.0 Å². The lowest BCUT2D eigenvalue weighted by atomic mass is 9.98. The summed E-state index contributed by atoms with van der Waals surface area (Å²) in [6.07, 6.45) is 0.103. The molecule has 2 aromatic carbocycles. The second kappa shape index (κ2) is 15.5. The Labute approximate surface area is 277 Å². The Bertz CT molecular complexity index is 1410. The second-order valence-corrected chi connectivity index (χ2v) is 14.2. The van der Waals surface area contributed by atoms with Gasteiger partial charge in [-0.2, -0.15) is 0 Å². The zero-order chi connectivity index (χ0) is 35.1. The van der Waals surface area contributed by atoms with Gasteiger partial charge in [-0.1, -0.05) is 68.4 Å². The standard InChI is InChI=1S/C36H50N4O7/c1-9-23-15-17-25(18-16-23)30(31(42)38-27(33(44)46-35(3,4)5)20-24-13-11-10-12-14-24)40(28-19-22(28)2)32(43)26(21-29(37)41)39-34(45)47-36(6,7)8/h10-18,22,26-28,30H,9,19-21H2,1-8H3,(H2,37,41)(H,38,42)(H,39,45). The number of nitrogens with one attached hydrogen (secondary N) is 2. The summed E-state index contributed by atoms with van der Waals surface area (Å²) < 4.78 is 11.1. The molecule has 5 atom stereocenters. The Morgan fingerprint density at radius 3 is 1.91 bits per heavy atom. The molecule has 4 amide bonds. The predicted octanol–water partition coefficient (Wildman–Crippen LogP) is 4.37. The van der Waals surface area contributed by atoms with Gasteiger partial charge in [-0.3, -0.25) is 14.4 Å². The number of nitrogens with two attached hydrogens (primary N) is 1. The maximum atomic E-state index is 14.5. The number of rotatable bonds is 13. The van der Waals surface area contributed by atoms with Crippen molar-refractivity contribution >= 4 is 29.8 Å². The van der Waals surface area contributed by atoms with Crippen molar-refractivity contribution in [3.63, 3.8) is 0 Å². The summed E-state index contributed by atoms with van der Waals surface area (Å²) in [5.74, 6) is -2.68. The van der Waals surface area contributed by atoms with E-state index in [0.717, 1.165) is 17.5 Å². The Morgan fingerprint density at radius 1 is 0.851 bits per heavy atom. The quantitative estimate of drug-likeness (QED) is 0.272. The molecule has 11 nitrogen and oxygen atoms in total. The van der Waals surface area contributed by atoms with Crippen LogP contribution in [0.25, 0.3) is 0 Å². The number of esters is 1. The molecule has 0 bridgehead atoms. The van der Waals surface area contributed by atoms with Gasteiger partial charge in [0.05, 0.1) is 6.42 Å². The maximum absolute atomic E-state index is 14.5. The number of benzene rings is 2. The van der Waals surface area contributed by atoms with Crippen LogP contribution in [0.4, 0.5) is 4.79 Å². The van der Waals surface area contributed by atoms with E-state index < -0.39 is 65.5 Å². The SMILES string of the molecule is CCc1ccc(C(C(=O)NC(Cc2ccccc2)C(=O)OC(C)(C)C)N(C(=O)C(CC(N)=O)NC(=O)OC(C)(C)C)C2CC2C)cc1. The molecule has 0 aliphatic heterocycles. The Balaban J connectivity index is 2.08. The summed E-state index contributed by atoms with van der Waals surface area (Å²) in [4.78, 5) is 68.7. The lowest BCUT2D eigenvalue weighted by Gasteiger charge is -2.35. The highest BCUT2D eigenvalue weighted by Gasteiger charge is 2.49. The molecule has 0 heterocycles. The number of alkyl carbamates (subject to hydrolysis) is 1. The number of ether oxygens (including phenoxy) is 2. The molecule has 1 fully saturated rings. The van der Waals surface area contributed by atoms with Crippen LogP contribution in [-0.2, 0) is 41.5 Å². The minimum Gasteiger partial charge on any atom is -0.458 e. The first-order valence-corrected chi connectivity index (χ1v) is 16.1. The molecule has 0 radical (unpaired) electrons. The van der Waals surface area contributed by atoms with Gasteiger partial charge in [0, 0.05) is 12.5 Å². The molecule has 5 unspecified atom stereocenters. The van der Waals surface area contributed by atoms with Gasteiger partial charge < -0.3 is 30.7 Å². The molecular formula is C36H50N4O7. The molecule has 11 heteroatoms. The topological polar surface area (TPSA) is 157 Å². The molecule has 256 valence electrons. The summed E-state index contributed by atoms with van der Waals surface area (Å²) in [6, 6.07) is 12.5. The first-order valence-electron chi connectivity index (χ1n) is 16.1. The summed E-state index contributed by atoms with van der Waals surface area (Å²) >= 11 is 0. The normalized spacial score (nSPS) is 17.8. The number of carbonyl (C=O) groups is 5. The van der Waals surface area contributed by atoms with Crippen molar-refractivity contribution < 1.29 is 33.4 Å². The largest absolute Gasteiger partial charge is 0.458 e. The van der Waals surface area contributed by atoms with Crippen molar-refractivity contribution in [2.75, 3.05) is 0 Å². The molecule has 47 heavy (non-hydrogen) atoms. The van der Waals surface area contributed by atoms with Crippen LogP contribution >= 0.6 is 0 Å². The van der Waals surface area contributed by atoms with Crippen LogP contribution in [0.15, 0.2) is 54.6 Å². The van der Waals surface area contributed by atoms with Crippen LogP contribution in [0.2, 0.25) is 0 Å². The van der Waals surface area contributed by atoms with E-state index in [4.69, 9.17) is 15.2 Å². The third-order valence-electron chi connectivity index (χ3n) is 7.59. The highest BCUT2D eigenvalue weighted by molar-refractivity contribution is 5.96. The van der Waals surface area contributed by atoms with Gasteiger partial charge in [0.1, 0.15) is 29.3 Å². The molecule has 3 rings (SSSR count). The highest BCUT2D eigenvalue weighted by atomic mass is 16.6. The highest BCUT2D eigenvalue weighted by Crippen LogP contribution is 2.41. The van der Waals surface area contributed by atoms with Crippen LogP contribution in [0.3, 0.4) is 0 Å². The number of nitrogens with zero attached hydrogens (tertiary/aromatic N) is 1. The summed E-state index contributed by atoms with van der Waals surface area (Å²) in [5, 5.41) is 5.39. The van der Waals surface area contributed by atoms with Crippen LogP contribution in [0.5, 0.6) is 0 Å². The molecule has 2 aromatic rings. The molecule has 1 aliphatic rings. The van der Waals surface area contributed by atoms with Crippen LogP contribution in [0.1, 0.15) is 91.0 Å². The van der Waals surface area contributed by atoms with Crippen molar-refractivity contribution in [2.45, 2.75) is 116 Å². The maximum Gasteiger partial charge on any atom is 0.408 e. The van der Waals surface area contributed by atoms with Gasteiger partial charge in [-0.25, -0.2) is 9.59 Å². The van der Waals surface area contributed by atoms with E-state index >= 15 is 0 Å². The van der Waals surface area contributed by atoms with Gasteiger partial charge in [0.25, 0.3) is 0 Å². The minimum absolute atomic E-state index is 0.0332. The molecule has 0 saturated heterocycles. The lowest BCUT2D eigenvalue weighted by Crippen LogP contribution is -2.56. The molecule has 0 spiro atoms. The van der Waals surface area contributed by atoms with Crippen molar-refractivity contribution in [3.8, 4) is 0 Å². The first kappa shape index (κ1) is 37.1. The Hall–Kier alpha value is -4.41. The molecule has 0 aromatic heterocycles. The van der Waals surface area contributed by atoms with Gasteiger partial charge in [-0.15, -0.1) is 0 Å². The number of carbonyl (C=O) groups excluding carboxylic acids is 5. The molecular weight excluding hydrogens is 600 g/mol. The van der Waals surface area contributed by atoms with E-state index in [-0.39, 0.29) is 18.4 Å². The molecule has 4 N–H and O–H groups in total. The number of amides is 4. The van der Waals surface area contributed by atoms with E-state index in [2.05, 4.69) is 10.6 Å². The summed E-state index contributed by atoms with van der Waals surface area (Å²) in [7, 11) is 0. The number of primary amides is 1. The van der Waals surface area contributed by atoms with Gasteiger partial charge in [0.15, 0.2) is 0 Å². The monoisotopic (exact) mass is 650 g/mol. The smallest absolute Gasteiger partial charge is 0.408 e. The van der Waals surface area contributed by atoms with E-state index in [0.29, 0.717) is 12.0 Å². The fourth-order valence-corrected chi connectivity index (χ4v) is 5.24. The fraction of sp³-hybridized carbons (Fsp3) is 0.528. The number of hydrogen-bond donors (Lipinski definition) is 3. The average molecular weight is 651 g/mol. The Kier molecular flexibility index (Phi) is 12.2. The fourth-order valence-electron chi connectivity index (χ4n) is 5.24. The summed E-state index contributed by atoms with van der Waals surface area (Å²) in [5.41, 5.74) is 6.18. The zero-order valence-corrected chi connectivity index (χ0v) is 28.8.